The maximum Gasteiger partial charge on any atom is 0.130 e. The van der Waals surface area contributed by atoms with E-state index in [1.807, 2.05) is 24.4 Å². The third-order valence-corrected chi connectivity index (χ3v) is 5.10. The number of rotatable bonds is 4. The molecular formula is C21H20N6O2. The standard InChI is InChI=1S/C21H20N6O2/c1-28-18-4-5-22-13-16(18)15-12-19(27-8-10-29-11-9-27)25-20-14(15)2-6-23-21(20)17-3-7-24-26-17/h2-7,12-13H,8-11H2,1H3,(H,24,26). The van der Waals surface area contributed by atoms with Crippen molar-refractivity contribution in [2.24, 2.45) is 0 Å². The molecule has 0 unspecified atom stereocenters. The summed E-state index contributed by atoms with van der Waals surface area (Å²) in [6.45, 7) is 2.96. The van der Waals surface area contributed by atoms with Gasteiger partial charge in [-0.05, 0) is 24.3 Å². The summed E-state index contributed by atoms with van der Waals surface area (Å²) in [5.74, 6) is 1.65. The van der Waals surface area contributed by atoms with Gasteiger partial charge in [0, 0.05) is 54.4 Å². The largest absolute Gasteiger partial charge is 0.496 e. The van der Waals surface area contributed by atoms with E-state index >= 15 is 0 Å². The van der Waals surface area contributed by atoms with E-state index in [-0.39, 0.29) is 0 Å². The van der Waals surface area contributed by atoms with Crippen LogP contribution in [0.15, 0.2) is 49.1 Å². The van der Waals surface area contributed by atoms with E-state index in [9.17, 15) is 0 Å². The van der Waals surface area contributed by atoms with Gasteiger partial charge in [-0.3, -0.25) is 15.1 Å². The Balaban J connectivity index is 1.80. The second kappa shape index (κ2) is 7.48. The van der Waals surface area contributed by atoms with Crippen molar-refractivity contribution in [1.82, 2.24) is 25.1 Å². The minimum Gasteiger partial charge on any atom is -0.496 e. The number of morpholine rings is 1. The highest BCUT2D eigenvalue weighted by atomic mass is 16.5. The maximum atomic E-state index is 5.61. The number of pyridine rings is 3. The highest BCUT2D eigenvalue weighted by molar-refractivity contribution is 6.02. The fourth-order valence-electron chi connectivity index (χ4n) is 3.66. The topological polar surface area (TPSA) is 89.0 Å². The van der Waals surface area contributed by atoms with Crippen LogP contribution in [-0.2, 0) is 4.74 Å². The van der Waals surface area contributed by atoms with Crippen LogP contribution in [-0.4, -0.2) is 58.6 Å². The number of hydrogen-bond acceptors (Lipinski definition) is 7. The Morgan fingerprint density at radius 1 is 1.07 bits per heavy atom. The van der Waals surface area contributed by atoms with Crippen molar-refractivity contribution in [2.45, 2.75) is 0 Å². The van der Waals surface area contributed by atoms with Crippen LogP contribution < -0.4 is 9.64 Å². The second-order valence-electron chi connectivity index (χ2n) is 6.73. The van der Waals surface area contributed by atoms with Gasteiger partial charge in [0.25, 0.3) is 0 Å². The van der Waals surface area contributed by atoms with Crippen LogP contribution >= 0.6 is 0 Å². The van der Waals surface area contributed by atoms with Crippen molar-refractivity contribution in [1.29, 1.82) is 0 Å². The predicted octanol–water partition coefficient (Wildman–Crippen LogP) is 2.93. The number of fused-ring (bicyclic) bond motifs is 1. The summed E-state index contributed by atoms with van der Waals surface area (Å²) in [7, 11) is 1.67. The number of nitrogens with zero attached hydrogens (tertiary/aromatic N) is 5. The highest BCUT2D eigenvalue weighted by Crippen LogP contribution is 2.38. The Morgan fingerprint density at radius 2 is 1.97 bits per heavy atom. The highest BCUT2D eigenvalue weighted by Gasteiger charge is 2.20. The molecule has 5 rings (SSSR count). The molecule has 1 fully saturated rings. The van der Waals surface area contributed by atoms with Crippen LogP contribution in [0.2, 0.25) is 0 Å². The van der Waals surface area contributed by atoms with Crippen LogP contribution in [0, 0.1) is 0 Å². The Labute approximate surface area is 167 Å². The predicted molar refractivity (Wildman–Crippen MR) is 110 cm³/mol. The SMILES string of the molecule is COc1ccncc1-c1cc(N2CCOCC2)nc2c(-c3ccn[nH]3)nccc12. The quantitative estimate of drug-likeness (QED) is 0.575. The summed E-state index contributed by atoms with van der Waals surface area (Å²) in [6.07, 6.45) is 7.06. The molecule has 0 radical (unpaired) electrons. The van der Waals surface area contributed by atoms with Crippen LogP contribution in [0.1, 0.15) is 0 Å². The summed E-state index contributed by atoms with van der Waals surface area (Å²) in [4.78, 5) is 16.1. The fourth-order valence-corrected chi connectivity index (χ4v) is 3.66. The molecule has 1 aliphatic rings. The minimum absolute atomic E-state index is 0.686. The van der Waals surface area contributed by atoms with Gasteiger partial charge >= 0.3 is 0 Å². The van der Waals surface area contributed by atoms with E-state index in [1.165, 1.54) is 0 Å². The summed E-state index contributed by atoms with van der Waals surface area (Å²) in [6, 6.07) is 7.85. The van der Waals surface area contributed by atoms with Gasteiger partial charge in [0.2, 0.25) is 0 Å². The van der Waals surface area contributed by atoms with Crippen molar-refractivity contribution < 1.29 is 9.47 Å². The molecule has 5 heterocycles. The van der Waals surface area contributed by atoms with Crippen LogP contribution in [0.5, 0.6) is 5.75 Å². The maximum absolute atomic E-state index is 5.61. The number of ether oxygens (including phenoxy) is 2. The van der Waals surface area contributed by atoms with Gasteiger partial charge in [0.1, 0.15) is 22.8 Å². The van der Waals surface area contributed by atoms with E-state index in [0.717, 1.165) is 58.1 Å². The molecule has 8 heteroatoms. The van der Waals surface area contributed by atoms with E-state index in [1.54, 1.807) is 25.7 Å². The zero-order valence-corrected chi connectivity index (χ0v) is 16.0. The average molecular weight is 388 g/mol. The Hall–Kier alpha value is -3.52. The normalized spacial score (nSPS) is 14.3. The molecule has 0 bridgehead atoms. The molecule has 1 aliphatic heterocycles. The summed E-state index contributed by atoms with van der Waals surface area (Å²) in [5, 5.41) is 8.06. The smallest absolute Gasteiger partial charge is 0.130 e. The number of methoxy groups -OCH3 is 1. The Morgan fingerprint density at radius 3 is 2.76 bits per heavy atom. The molecule has 8 nitrogen and oxygen atoms in total. The molecule has 4 aromatic heterocycles. The van der Waals surface area contributed by atoms with Crippen LogP contribution in [0.3, 0.4) is 0 Å². The van der Waals surface area contributed by atoms with Gasteiger partial charge in [-0.15, -0.1) is 0 Å². The monoisotopic (exact) mass is 388 g/mol. The van der Waals surface area contributed by atoms with Crippen LogP contribution in [0.25, 0.3) is 33.4 Å². The number of aromatic amines is 1. The molecule has 0 aromatic carbocycles. The van der Waals surface area contributed by atoms with E-state index in [0.29, 0.717) is 13.2 Å². The van der Waals surface area contributed by atoms with Crippen LogP contribution in [0.4, 0.5) is 5.82 Å². The molecule has 146 valence electrons. The van der Waals surface area contributed by atoms with E-state index in [2.05, 4.69) is 31.1 Å². The van der Waals surface area contributed by atoms with Crippen molar-refractivity contribution >= 4 is 16.7 Å². The molecule has 29 heavy (non-hydrogen) atoms. The molecule has 1 saturated heterocycles. The summed E-state index contributed by atoms with van der Waals surface area (Å²) >= 11 is 0. The fraction of sp³-hybridized carbons (Fsp3) is 0.238. The lowest BCUT2D eigenvalue weighted by Crippen LogP contribution is -2.36. The molecule has 0 spiro atoms. The number of anilines is 1. The van der Waals surface area contributed by atoms with Gasteiger partial charge in [-0.1, -0.05) is 0 Å². The zero-order chi connectivity index (χ0) is 19.6. The summed E-state index contributed by atoms with van der Waals surface area (Å²) in [5.41, 5.74) is 4.32. The van der Waals surface area contributed by atoms with Gasteiger partial charge in [0.15, 0.2) is 0 Å². The van der Waals surface area contributed by atoms with E-state index in [4.69, 9.17) is 14.5 Å². The summed E-state index contributed by atoms with van der Waals surface area (Å²) < 4.78 is 11.1. The van der Waals surface area contributed by atoms with E-state index < -0.39 is 0 Å². The second-order valence-corrected chi connectivity index (χ2v) is 6.73. The first-order chi connectivity index (χ1) is 14.3. The van der Waals surface area contributed by atoms with Crippen molar-refractivity contribution in [2.75, 3.05) is 38.3 Å². The van der Waals surface area contributed by atoms with Gasteiger partial charge < -0.3 is 14.4 Å². The third-order valence-electron chi connectivity index (χ3n) is 5.10. The Bertz CT molecular complexity index is 1140. The van der Waals surface area contributed by atoms with Crippen molar-refractivity contribution in [3.8, 4) is 28.3 Å². The third kappa shape index (κ3) is 3.17. The minimum atomic E-state index is 0.686. The number of aromatic nitrogens is 5. The first-order valence-corrected chi connectivity index (χ1v) is 9.46. The molecule has 4 aromatic rings. The van der Waals surface area contributed by atoms with Crippen molar-refractivity contribution in [3.63, 3.8) is 0 Å². The zero-order valence-electron chi connectivity index (χ0n) is 16.0. The lowest BCUT2D eigenvalue weighted by Gasteiger charge is -2.28. The lowest BCUT2D eigenvalue weighted by molar-refractivity contribution is 0.122. The molecule has 0 amide bonds. The molecular weight excluding hydrogens is 368 g/mol. The lowest BCUT2D eigenvalue weighted by atomic mass is 10.0. The number of nitrogens with one attached hydrogen (secondary N) is 1. The van der Waals surface area contributed by atoms with Gasteiger partial charge in [-0.2, -0.15) is 5.10 Å². The number of H-pyrrole nitrogens is 1. The van der Waals surface area contributed by atoms with Gasteiger partial charge in [-0.25, -0.2) is 4.98 Å². The van der Waals surface area contributed by atoms with Crippen molar-refractivity contribution in [3.05, 3.63) is 49.1 Å². The first kappa shape index (κ1) is 17.6. The van der Waals surface area contributed by atoms with Gasteiger partial charge in [0.05, 0.1) is 26.0 Å². The Kier molecular flexibility index (Phi) is 4.53. The first-order valence-electron chi connectivity index (χ1n) is 9.46. The molecule has 0 saturated carbocycles. The molecule has 0 aliphatic carbocycles. The average Bonchev–Trinajstić information content (AvgIpc) is 3.33. The number of hydrogen-bond donors (Lipinski definition) is 1. The molecule has 0 atom stereocenters. The molecule has 1 N–H and O–H groups in total.